The van der Waals surface area contributed by atoms with Crippen molar-refractivity contribution in [2.24, 2.45) is 0 Å². The third-order valence-corrected chi connectivity index (χ3v) is 1.80. The van der Waals surface area contributed by atoms with Gasteiger partial charge in [-0.25, -0.2) is 4.98 Å². The van der Waals surface area contributed by atoms with E-state index in [0.29, 0.717) is 25.1 Å². The molecule has 0 saturated heterocycles. The van der Waals surface area contributed by atoms with E-state index in [0.717, 1.165) is 0 Å². The van der Waals surface area contributed by atoms with Crippen LogP contribution in [0, 0.1) is 11.3 Å². The molecule has 1 aromatic rings. The summed E-state index contributed by atoms with van der Waals surface area (Å²) in [6.07, 6.45) is 2.58. The van der Waals surface area contributed by atoms with E-state index < -0.39 is 0 Å². The number of nitrogen functional groups attached to an aromatic ring is 1. The Kier molecular flexibility index (Phi) is 4.10. The maximum Gasteiger partial charge on any atom is 0.272 e. The van der Waals surface area contributed by atoms with Crippen molar-refractivity contribution in [2.45, 2.75) is 12.8 Å². The van der Waals surface area contributed by atoms with Gasteiger partial charge in [-0.05, 0) is 18.6 Å². The molecule has 0 spiro atoms. The van der Waals surface area contributed by atoms with Crippen LogP contribution in [0.5, 0.6) is 0 Å². The molecule has 0 atom stereocenters. The second-order valence-corrected chi connectivity index (χ2v) is 2.96. The van der Waals surface area contributed by atoms with Crippen LogP contribution in [0.3, 0.4) is 0 Å². The van der Waals surface area contributed by atoms with E-state index in [4.69, 9.17) is 11.0 Å². The fourth-order valence-electron chi connectivity index (χ4n) is 1.06. The predicted octanol–water partition coefficient (Wildman–Crippen LogP) is 0.697. The van der Waals surface area contributed by atoms with Crippen LogP contribution in [-0.2, 0) is 0 Å². The van der Waals surface area contributed by atoms with Crippen LogP contribution in [0.25, 0.3) is 0 Å². The lowest BCUT2D eigenvalue weighted by molar-refractivity contribution is 0.0949. The Balaban J connectivity index is 2.48. The second-order valence-electron chi connectivity index (χ2n) is 2.96. The highest BCUT2D eigenvalue weighted by Crippen LogP contribution is 2.05. The van der Waals surface area contributed by atoms with Gasteiger partial charge in [-0.1, -0.05) is 0 Å². The van der Waals surface area contributed by atoms with Crippen LogP contribution in [0.4, 0.5) is 5.69 Å². The number of carbonyl (C=O) groups excluding carboxylic acids is 1. The number of rotatable bonds is 4. The van der Waals surface area contributed by atoms with Crippen LogP contribution in [-0.4, -0.2) is 17.4 Å². The lowest BCUT2D eigenvalue weighted by atomic mass is 10.2. The summed E-state index contributed by atoms with van der Waals surface area (Å²) in [5.74, 6) is -0.300. The summed E-state index contributed by atoms with van der Waals surface area (Å²) in [6.45, 7) is 0.461. The van der Waals surface area contributed by atoms with Crippen LogP contribution in [0.1, 0.15) is 23.3 Å². The highest BCUT2D eigenvalue weighted by Gasteiger charge is 2.08. The third-order valence-electron chi connectivity index (χ3n) is 1.80. The zero-order chi connectivity index (χ0) is 11.1. The standard InChI is InChI=1S/C10H12N4O/c11-5-1-2-6-14-10(15)9-8(12)4-3-7-13-9/h3-4,7H,1-2,6,12H2,(H,14,15). The largest absolute Gasteiger partial charge is 0.397 e. The Bertz CT molecular complexity index is 383. The molecule has 5 nitrogen and oxygen atoms in total. The molecule has 1 amide bonds. The number of nitriles is 1. The highest BCUT2D eigenvalue weighted by atomic mass is 16.1. The number of nitrogens with two attached hydrogens (primary N) is 1. The first kappa shape index (κ1) is 11.0. The van der Waals surface area contributed by atoms with E-state index >= 15 is 0 Å². The smallest absolute Gasteiger partial charge is 0.272 e. The summed E-state index contributed by atoms with van der Waals surface area (Å²) < 4.78 is 0. The van der Waals surface area contributed by atoms with Crippen LogP contribution in [0.2, 0.25) is 0 Å². The fourth-order valence-corrected chi connectivity index (χ4v) is 1.06. The molecule has 0 aliphatic carbocycles. The highest BCUT2D eigenvalue weighted by molar-refractivity contribution is 5.96. The molecule has 78 valence electrons. The number of hydrogen-bond acceptors (Lipinski definition) is 4. The molecule has 0 radical (unpaired) electrons. The van der Waals surface area contributed by atoms with Crippen molar-refractivity contribution in [3.8, 4) is 6.07 Å². The van der Waals surface area contributed by atoms with Crippen molar-refractivity contribution >= 4 is 11.6 Å². The Hall–Kier alpha value is -2.09. The van der Waals surface area contributed by atoms with Crippen molar-refractivity contribution in [2.75, 3.05) is 12.3 Å². The summed E-state index contributed by atoms with van der Waals surface area (Å²) in [4.78, 5) is 15.4. The molecule has 0 aromatic carbocycles. The summed E-state index contributed by atoms with van der Waals surface area (Å²) >= 11 is 0. The monoisotopic (exact) mass is 204 g/mol. The van der Waals surface area contributed by atoms with Crippen LogP contribution >= 0.6 is 0 Å². The number of pyridine rings is 1. The number of nitrogens with one attached hydrogen (secondary N) is 1. The van der Waals surface area contributed by atoms with Crippen molar-refractivity contribution in [1.29, 1.82) is 5.26 Å². The number of hydrogen-bond donors (Lipinski definition) is 2. The summed E-state index contributed by atoms with van der Waals surface area (Å²) in [6, 6.07) is 5.29. The normalized spacial score (nSPS) is 9.27. The number of aromatic nitrogens is 1. The van der Waals surface area contributed by atoms with Crippen LogP contribution < -0.4 is 11.1 Å². The molecule has 1 rings (SSSR count). The molecule has 1 aromatic heterocycles. The van der Waals surface area contributed by atoms with Crippen molar-refractivity contribution < 1.29 is 4.79 Å². The van der Waals surface area contributed by atoms with Gasteiger partial charge in [-0.15, -0.1) is 0 Å². The van der Waals surface area contributed by atoms with Crippen molar-refractivity contribution in [3.63, 3.8) is 0 Å². The van der Waals surface area contributed by atoms with Gasteiger partial charge in [0, 0.05) is 19.2 Å². The Labute approximate surface area is 87.9 Å². The lowest BCUT2D eigenvalue weighted by Crippen LogP contribution is -2.26. The van der Waals surface area contributed by atoms with Gasteiger partial charge in [0.1, 0.15) is 0 Å². The SMILES string of the molecule is N#CCCCNC(=O)c1ncccc1N. The zero-order valence-electron chi connectivity index (χ0n) is 8.23. The van der Waals surface area contributed by atoms with Gasteiger partial charge in [0.2, 0.25) is 0 Å². The van der Waals surface area contributed by atoms with Gasteiger partial charge in [-0.3, -0.25) is 4.79 Å². The zero-order valence-corrected chi connectivity index (χ0v) is 8.23. The van der Waals surface area contributed by atoms with Crippen molar-refractivity contribution in [1.82, 2.24) is 10.3 Å². The van der Waals surface area contributed by atoms with E-state index in [-0.39, 0.29) is 11.6 Å². The van der Waals surface area contributed by atoms with Gasteiger partial charge in [0.25, 0.3) is 5.91 Å². The van der Waals surface area contributed by atoms with Crippen LogP contribution in [0.15, 0.2) is 18.3 Å². The predicted molar refractivity (Wildman–Crippen MR) is 55.8 cm³/mol. The Morgan fingerprint density at radius 1 is 1.67 bits per heavy atom. The van der Waals surface area contributed by atoms with E-state index in [2.05, 4.69) is 10.3 Å². The summed E-state index contributed by atoms with van der Waals surface area (Å²) in [5.41, 5.74) is 6.16. The maximum absolute atomic E-state index is 11.5. The summed E-state index contributed by atoms with van der Waals surface area (Å²) in [5, 5.41) is 10.9. The molecule has 0 unspecified atom stereocenters. The minimum Gasteiger partial charge on any atom is -0.397 e. The molecular weight excluding hydrogens is 192 g/mol. The number of anilines is 1. The average Bonchev–Trinajstić information content (AvgIpc) is 2.25. The number of amides is 1. The van der Waals surface area contributed by atoms with Gasteiger partial charge < -0.3 is 11.1 Å². The van der Waals surface area contributed by atoms with E-state index in [1.807, 2.05) is 6.07 Å². The third kappa shape index (κ3) is 3.27. The minimum absolute atomic E-state index is 0.231. The number of carbonyl (C=O) groups is 1. The Morgan fingerprint density at radius 2 is 2.47 bits per heavy atom. The molecular formula is C10H12N4O. The quantitative estimate of drug-likeness (QED) is 0.706. The van der Waals surface area contributed by atoms with Gasteiger partial charge in [0.15, 0.2) is 5.69 Å². The van der Waals surface area contributed by atoms with E-state index in [1.54, 1.807) is 12.1 Å². The van der Waals surface area contributed by atoms with E-state index in [1.165, 1.54) is 6.20 Å². The number of nitrogens with zero attached hydrogens (tertiary/aromatic N) is 2. The summed E-state index contributed by atoms with van der Waals surface area (Å²) in [7, 11) is 0. The molecule has 3 N–H and O–H groups in total. The average molecular weight is 204 g/mol. The first-order valence-electron chi connectivity index (χ1n) is 4.61. The number of unbranched alkanes of at least 4 members (excludes halogenated alkanes) is 1. The molecule has 0 fully saturated rings. The first-order chi connectivity index (χ1) is 7.25. The van der Waals surface area contributed by atoms with Gasteiger partial charge in [0.05, 0.1) is 11.8 Å². The fraction of sp³-hybridized carbons (Fsp3) is 0.300. The van der Waals surface area contributed by atoms with Gasteiger partial charge in [-0.2, -0.15) is 5.26 Å². The molecule has 0 bridgehead atoms. The Morgan fingerprint density at radius 3 is 3.13 bits per heavy atom. The second kappa shape index (κ2) is 5.60. The molecule has 0 aliphatic rings. The minimum atomic E-state index is -0.300. The first-order valence-corrected chi connectivity index (χ1v) is 4.61. The topological polar surface area (TPSA) is 91.8 Å². The maximum atomic E-state index is 11.5. The van der Waals surface area contributed by atoms with E-state index in [9.17, 15) is 4.79 Å². The molecule has 5 heteroatoms. The molecule has 15 heavy (non-hydrogen) atoms. The molecule has 0 aliphatic heterocycles. The molecule has 0 saturated carbocycles. The molecule has 1 heterocycles. The van der Waals surface area contributed by atoms with Crippen molar-refractivity contribution in [3.05, 3.63) is 24.0 Å². The lowest BCUT2D eigenvalue weighted by Gasteiger charge is -2.04. The van der Waals surface area contributed by atoms with Gasteiger partial charge >= 0.3 is 0 Å².